The number of ether oxygens (including phenoxy) is 1. The van der Waals surface area contributed by atoms with Crippen LogP contribution in [0.25, 0.3) is 0 Å². The number of carbonyl (C=O) groups is 2. The lowest BCUT2D eigenvalue weighted by Crippen LogP contribution is -2.38. The third-order valence-electron chi connectivity index (χ3n) is 2.86. The van der Waals surface area contributed by atoms with E-state index >= 15 is 0 Å². The number of aliphatic carboxylic acids is 1. The molecule has 0 saturated heterocycles. The van der Waals surface area contributed by atoms with Crippen LogP contribution in [0.4, 0.5) is 13.2 Å². The molecular weight excluding hydrogens is 303 g/mol. The summed E-state index contributed by atoms with van der Waals surface area (Å²) < 4.78 is 40.1. The van der Waals surface area contributed by atoms with Gasteiger partial charge in [-0.2, -0.15) is 13.2 Å². The van der Waals surface area contributed by atoms with Crippen LogP contribution in [0.15, 0.2) is 30.3 Å². The highest BCUT2D eigenvalue weighted by Gasteiger charge is 2.29. The number of carbonyl (C=O) groups excluding carboxylic acids is 1. The van der Waals surface area contributed by atoms with Gasteiger partial charge in [0, 0.05) is 0 Å². The van der Waals surface area contributed by atoms with Crippen molar-refractivity contribution in [1.29, 1.82) is 0 Å². The van der Waals surface area contributed by atoms with Crippen LogP contribution in [0.3, 0.4) is 0 Å². The Kier molecular flexibility index (Phi) is 6.36. The molecule has 22 heavy (non-hydrogen) atoms. The maximum Gasteiger partial charge on any atom is 0.411 e. The number of carboxylic acids is 1. The molecule has 122 valence electrons. The largest absolute Gasteiger partial charge is 0.481 e. The average Bonchev–Trinajstić information content (AvgIpc) is 2.43. The zero-order valence-electron chi connectivity index (χ0n) is 11.8. The van der Waals surface area contributed by atoms with Gasteiger partial charge < -0.3 is 15.2 Å². The second-order valence-corrected chi connectivity index (χ2v) is 4.69. The minimum Gasteiger partial charge on any atom is -0.481 e. The van der Waals surface area contributed by atoms with Crippen molar-refractivity contribution < 1.29 is 32.6 Å². The zero-order chi connectivity index (χ0) is 16.8. The summed E-state index contributed by atoms with van der Waals surface area (Å²) >= 11 is 0. The molecule has 0 heterocycles. The molecular formula is C14H16F3NO4. The summed E-state index contributed by atoms with van der Waals surface area (Å²) in [5.74, 6) is -2.90. The lowest BCUT2D eigenvalue weighted by atomic mass is 9.94. The van der Waals surface area contributed by atoms with Gasteiger partial charge in [0.1, 0.15) is 13.2 Å². The summed E-state index contributed by atoms with van der Waals surface area (Å²) in [5, 5.41) is 11.5. The van der Waals surface area contributed by atoms with Crippen molar-refractivity contribution in [3.8, 4) is 0 Å². The van der Waals surface area contributed by atoms with E-state index < -0.39 is 43.2 Å². The number of rotatable bonds is 7. The maximum atomic E-state index is 11.9. The van der Waals surface area contributed by atoms with Crippen molar-refractivity contribution in [2.45, 2.75) is 19.1 Å². The van der Waals surface area contributed by atoms with E-state index in [9.17, 15) is 22.8 Å². The molecule has 1 rings (SSSR count). The monoisotopic (exact) mass is 319 g/mol. The van der Waals surface area contributed by atoms with Gasteiger partial charge in [0.15, 0.2) is 0 Å². The van der Waals surface area contributed by atoms with Gasteiger partial charge in [-0.05, 0) is 12.5 Å². The normalized spacial score (nSPS) is 14.2. The smallest absolute Gasteiger partial charge is 0.411 e. The summed E-state index contributed by atoms with van der Waals surface area (Å²) in [5.41, 5.74) is 0.543. The topological polar surface area (TPSA) is 75.6 Å². The SMILES string of the molecule is CC(C(=O)O)C(NC(=O)COCC(F)(F)F)c1ccccc1. The van der Waals surface area contributed by atoms with Crippen molar-refractivity contribution in [2.24, 2.45) is 5.92 Å². The zero-order valence-corrected chi connectivity index (χ0v) is 11.8. The molecule has 0 bridgehead atoms. The van der Waals surface area contributed by atoms with Crippen molar-refractivity contribution >= 4 is 11.9 Å². The Balaban J connectivity index is 2.69. The van der Waals surface area contributed by atoms with Crippen LogP contribution in [-0.4, -0.2) is 36.4 Å². The first kappa shape index (κ1) is 18.0. The summed E-state index contributed by atoms with van der Waals surface area (Å²) in [6.45, 7) is -0.934. The molecule has 0 aliphatic heterocycles. The molecule has 1 amide bonds. The van der Waals surface area contributed by atoms with Crippen LogP contribution >= 0.6 is 0 Å². The van der Waals surface area contributed by atoms with Crippen LogP contribution in [0.5, 0.6) is 0 Å². The van der Waals surface area contributed by atoms with Gasteiger partial charge in [-0.15, -0.1) is 0 Å². The molecule has 0 fully saturated rings. The number of halogens is 3. The Morgan fingerprint density at radius 1 is 1.27 bits per heavy atom. The molecule has 2 N–H and O–H groups in total. The highest BCUT2D eigenvalue weighted by Crippen LogP contribution is 2.22. The third-order valence-corrected chi connectivity index (χ3v) is 2.86. The fourth-order valence-corrected chi connectivity index (χ4v) is 1.77. The van der Waals surface area contributed by atoms with Crippen molar-refractivity contribution in [3.63, 3.8) is 0 Å². The Labute approximate surface area is 125 Å². The lowest BCUT2D eigenvalue weighted by Gasteiger charge is -2.23. The Hall–Kier alpha value is -2.09. The van der Waals surface area contributed by atoms with Crippen LogP contribution in [0.2, 0.25) is 0 Å². The van der Waals surface area contributed by atoms with Crippen LogP contribution in [-0.2, 0) is 14.3 Å². The predicted octanol–water partition coefficient (Wildman–Crippen LogP) is 2.14. The molecule has 1 aromatic rings. The van der Waals surface area contributed by atoms with E-state index in [4.69, 9.17) is 5.11 Å². The minimum absolute atomic E-state index is 0.543. The van der Waals surface area contributed by atoms with Gasteiger partial charge in [0.25, 0.3) is 0 Å². The van der Waals surface area contributed by atoms with Crippen molar-refractivity contribution in [3.05, 3.63) is 35.9 Å². The second-order valence-electron chi connectivity index (χ2n) is 4.69. The van der Waals surface area contributed by atoms with E-state index in [0.29, 0.717) is 5.56 Å². The number of benzene rings is 1. The Morgan fingerprint density at radius 3 is 2.36 bits per heavy atom. The van der Waals surface area contributed by atoms with Gasteiger partial charge in [-0.1, -0.05) is 30.3 Å². The van der Waals surface area contributed by atoms with E-state index in [-0.39, 0.29) is 0 Å². The van der Waals surface area contributed by atoms with Gasteiger partial charge in [0.2, 0.25) is 5.91 Å². The fraction of sp³-hybridized carbons (Fsp3) is 0.429. The van der Waals surface area contributed by atoms with Crippen LogP contribution in [0.1, 0.15) is 18.5 Å². The number of nitrogens with one attached hydrogen (secondary N) is 1. The molecule has 0 spiro atoms. The second kappa shape index (κ2) is 7.79. The van der Waals surface area contributed by atoms with E-state index in [1.165, 1.54) is 6.92 Å². The van der Waals surface area contributed by atoms with Crippen molar-refractivity contribution in [1.82, 2.24) is 5.32 Å². The third kappa shape index (κ3) is 6.13. The van der Waals surface area contributed by atoms with Gasteiger partial charge >= 0.3 is 12.1 Å². The molecule has 1 aromatic carbocycles. The maximum absolute atomic E-state index is 11.9. The summed E-state index contributed by atoms with van der Waals surface area (Å²) in [6.07, 6.45) is -4.52. The van der Waals surface area contributed by atoms with Crippen LogP contribution < -0.4 is 5.32 Å². The van der Waals surface area contributed by atoms with Crippen molar-refractivity contribution in [2.75, 3.05) is 13.2 Å². The summed E-state index contributed by atoms with van der Waals surface area (Å²) in [4.78, 5) is 22.8. The number of alkyl halides is 3. The standard InChI is InChI=1S/C14H16F3NO4/c1-9(13(20)21)12(10-5-3-2-4-6-10)18-11(19)7-22-8-14(15,16)17/h2-6,9,12H,7-8H2,1H3,(H,18,19)(H,20,21). The molecule has 0 aliphatic rings. The number of amides is 1. The molecule has 0 radical (unpaired) electrons. The Bertz CT molecular complexity index is 505. The molecule has 0 aliphatic carbocycles. The predicted molar refractivity (Wildman–Crippen MR) is 71.0 cm³/mol. The Morgan fingerprint density at radius 2 is 1.86 bits per heavy atom. The van der Waals surface area contributed by atoms with E-state index in [2.05, 4.69) is 10.1 Å². The van der Waals surface area contributed by atoms with Gasteiger partial charge in [-0.3, -0.25) is 9.59 Å². The summed E-state index contributed by atoms with van der Waals surface area (Å²) in [7, 11) is 0. The van der Waals surface area contributed by atoms with E-state index in [1.54, 1.807) is 30.3 Å². The lowest BCUT2D eigenvalue weighted by molar-refractivity contribution is -0.175. The highest BCUT2D eigenvalue weighted by atomic mass is 19.4. The molecule has 0 saturated carbocycles. The first-order valence-corrected chi connectivity index (χ1v) is 6.42. The number of hydrogen-bond acceptors (Lipinski definition) is 3. The van der Waals surface area contributed by atoms with Gasteiger partial charge in [0.05, 0.1) is 12.0 Å². The highest BCUT2D eigenvalue weighted by molar-refractivity contribution is 5.79. The number of hydrogen-bond donors (Lipinski definition) is 2. The fourth-order valence-electron chi connectivity index (χ4n) is 1.77. The van der Waals surface area contributed by atoms with Crippen LogP contribution in [0, 0.1) is 5.92 Å². The van der Waals surface area contributed by atoms with E-state index in [0.717, 1.165) is 0 Å². The first-order valence-electron chi connectivity index (χ1n) is 6.42. The minimum atomic E-state index is -4.52. The van der Waals surface area contributed by atoms with E-state index in [1.807, 2.05) is 0 Å². The molecule has 2 atom stereocenters. The quantitative estimate of drug-likeness (QED) is 0.807. The molecule has 5 nitrogen and oxygen atoms in total. The molecule has 2 unspecified atom stereocenters. The molecule has 0 aromatic heterocycles. The molecule has 8 heteroatoms. The van der Waals surface area contributed by atoms with Gasteiger partial charge in [-0.25, -0.2) is 0 Å². The number of carboxylic acid groups (broad SMARTS) is 1. The first-order chi connectivity index (χ1) is 10.2. The average molecular weight is 319 g/mol. The summed E-state index contributed by atoms with van der Waals surface area (Å²) in [6, 6.07) is 7.45.